The third-order valence-electron chi connectivity index (χ3n) is 6.24. The van der Waals surface area contributed by atoms with E-state index in [9.17, 15) is 9.90 Å². The Morgan fingerprint density at radius 3 is 2.88 bits per heavy atom. The lowest BCUT2D eigenvalue weighted by molar-refractivity contribution is -0.136. The molecule has 0 bridgehead atoms. The van der Waals surface area contributed by atoms with Crippen LogP contribution < -0.4 is 9.64 Å². The summed E-state index contributed by atoms with van der Waals surface area (Å²) in [5.74, 6) is -0.0110. The molecule has 1 aliphatic heterocycles. The van der Waals surface area contributed by atoms with Gasteiger partial charge in [0.05, 0.1) is 28.8 Å². The van der Waals surface area contributed by atoms with Crippen LogP contribution in [0.3, 0.4) is 0 Å². The van der Waals surface area contributed by atoms with E-state index < -0.39 is 5.97 Å². The zero-order chi connectivity index (χ0) is 22.6. The number of thiazole rings is 1. The second-order valence-corrected chi connectivity index (χ2v) is 9.55. The first kappa shape index (κ1) is 20.7. The Morgan fingerprint density at radius 1 is 1.31 bits per heavy atom. The van der Waals surface area contributed by atoms with Crippen molar-refractivity contribution in [2.24, 2.45) is 0 Å². The highest BCUT2D eigenvalue weighted by molar-refractivity contribution is 7.22. The molecule has 5 rings (SSSR count). The predicted molar refractivity (Wildman–Crippen MR) is 129 cm³/mol. The monoisotopic (exact) mass is 447 g/mol. The summed E-state index contributed by atoms with van der Waals surface area (Å²) >= 11 is 1.60. The van der Waals surface area contributed by atoms with E-state index in [0.29, 0.717) is 12.6 Å². The van der Waals surface area contributed by atoms with Crippen LogP contribution in [0.2, 0.25) is 0 Å². The molecule has 0 amide bonds. The van der Waals surface area contributed by atoms with Crippen LogP contribution in [-0.4, -0.2) is 40.7 Å². The number of aromatic nitrogens is 2. The fourth-order valence-electron chi connectivity index (χ4n) is 4.36. The number of carbonyl (C=O) groups is 1. The number of carboxylic acid groups (broad SMARTS) is 1. The van der Waals surface area contributed by atoms with E-state index in [0.717, 1.165) is 60.7 Å². The molecule has 2 aromatic heterocycles. The number of anilines is 1. The van der Waals surface area contributed by atoms with Gasteiger partial charge in [-0.2, -0.15) is 0 Å². The molecule has 0 saturated heterocycles. The summed E-state index contributed by atoms with van der Waals surface area (Å²) in [6, 6.07) is 8.36. The summed E-state index contributed by atoms with van der Waals surface area (Å²) in [5.41, 5.74) is 6.54. The topological polar surface area (TPSA) is 75.5 Å². The van der Waals surface area contributed by atoms with Gasteiger partial charge in [0, 0.05) is 42.2 Å². The Balaban J connectivity index is 1.87. The van der Waals surface area contributed by atoms with Gasteiger partial charge in [-0.1, -0.05) is 11.3 Å². The van der Waals surface area contributed by atoms with Gasteiger partial charge in [-0.15, -0.1) is 0 Å². The van der Waals surface area contributed by atoms with E-state index in [4.69, 9.17) is 14.7 Å². The number of carboxylic acids is 1. The minimum Gasteiger partial charge on any atom is -0.493 e. The summed E-state index contributed by atoms with van der Waals surface area (Å²) in [6.45, 7) is 6.88. The smallest absolute Gasteiger partial charge is 0.307 e. The first-order valence-corrected chi connectivity index (χ1v) is 11.6. The first-order chi connectivity index (χ1) is 15.3. The van der Waals surface area contributed by atoms with E-state index in [1.54, 1.807) is 11.3 Å². The number of pyridine rings is 1. The SMILES string of the molecule is Cc1cc2nc(N(C)C(C)C)sc2c(-c2ccc3c4c(ccnc24)CCO3)c1CC(=O)O. The molecule has 32 heavy (non-hydrogen) atoms. The quantitative estimate of drug-likeness (QED) is 0.452. The normalized spacial score (nSPS) is 13.0. The molecule has 2 aromatic carbocycles. The summed E-state index contributed by atoms with van der Waals surface area (Å²) in [6.07, 6.45) is 2.62. The van der Waals surface area contributed by atoms with Crippen LogP contribution in [0.1, 0.15) is 30.5 Å². The van der Waals surface area contributed by atoms with Gasteiger partial charge < -0.3 is 14.7 Å². The van der Waals surface area contributed by atoms with Gasteiger partial charge >= 0.3 is 5.97 Å². The lowest BCUT2D eigenvalue weighted by Gasteiger charge is -2.21. The fraction of sp³-hybridized carbons (Fsp3) is 0.320. The number of benzene rings is 2. The number of fused-ring (bicyclic) bond motifs is 1. The van der Waals surface area contributed by atoms with Crippen molar-refractivity contribution in [2.75, 3.05) is 18.6 Å². The molecule has 0 fully saturated rings. The van der Waals surface area contributed by atoms with Crippen molar-refractivity contribution in [3.05, 3.63) is 47.2 Å². The zero-order valence-electron chi connectivity index (χ0n) is 18.6. The maximum atomic E-state index is 11.8. The highest BCUT2D eigenvalue weighted by Crippen LogP contribution is 2.45. The van der Waals surface area contributed by atoms with Crippen LogP contribution in [0.4, 0.5) is 5.13 Å². The molecule has 3 heterocycles. The maximum Gasteiger partial charge on any atom is 0.307 e. The molecular weight excluding hydrogens is 422 g/mol. The number of hydrogen-bond donors (Lipinski definition) is 1. The molecule has 0 saturated carbocycles. The van der Waals surface area contributed by atoms with Gasteiger partial charge in [-0.3, -0.25) is 9.78 Å². The first-order valence-electron chi connectivity index (χ1n) is 10.8. The Morgan fingerprint density at radius 2 is 2.12 bits per heavy atom. The standard InChI is InChI=1S/C25H25N3O3S/c1-13(2)28(4)25-27-18-11-14(3)17(12-20(29)30)22(24(18)32-25)16-5-6-19-21-15(8-10-31-19)7-9-26-23(16)21/h5-7,9,11,13H,8,10,12H2,1-4H3,(H,29,30). The lowest BCUT2D eigenvalue weighted by Crippen LogP contribution is -2.25. The molecule has 164 valence electrons. The number of ether oxygens (including phenoxy) is 1. The second-order valence-electron chi connectivity index (χ2n) is 8.57. The molecule has 1 N–H and O–H groups in total. The van der Waals surface area contributed by atoms with Crippen LogP contribution in [-0.2, 0) is 17.6 Å². The molecular formula is C25H25N3O3S. The maximum absolute atomic E-state index is 11.8. The van der Waals surface area contributed by atoms with Crippen LogP contribution >= 0.6 is 11.3 Å². The van der Waals surface area contributed by atoms with Crippen LogP contribution in [0.15, 0.2) is 30.5 Å². The van der Waals surface area contributed by atoms with Gasteiger partial charge in [0.1, 0.15) is 5.75 Å². The number of rotatable bonds is 5. The third-order valence-corrected chi connectivity index (χ3v) is 7.42. The van der Waals surface area contributed by atoms with E-state index in [1.807, 2.05) is 44.4 Å². The van der Waals surface area contributed by atoms with E-state index in [1.165, 1.54) is 5.56 Å². The minimum atomic E-state index is -0.850. The lowest BCUT2D eigenvalue weighted by atomic mass is 9.90. The fourth-order valence-corrected chi connectivity index (χ4v) is 5.59. The van der Waals surface area contributed by atoms with Crippen LogP contribution in [0.5, 0.6) is 5.75 Å². The van der Waals surface area contributed by atoms with Gasteiger partial charge in [-0.05, 0) is 61.7 Å². The average Bonchev–Trinajstić information content (AvgIpc) is 3.18. The van der Waals surface area contributed by atoms with E-state index in [-0.39, 0.29) is 6.42 Å². The number of aryl methyl sites for hydroxylation is 1. The molecule has 0 radical (unpaired) electrons. The molecule has 4 aromatic rings. The zero-order valence-corrected chi connectivity index (χ0v) is 19.4. The molecule has 7 heteroatoms. The van der Waals surface area contributed by atoms with Crippen molar-refractivity contribution < 1.29 is 14.6 Å². The van der Waals surface area contributed by atoms with Crippen LogP contribution in [0, 0.1) is 6.92 Å². The molecule has 1 aliphatic rings. The van der Waals surface area contributed by atoms with Crippen molar-refractivity contribution in [1.29, 1.82) is 0 Å². The van der Waals surface area contributed by atoms with Crippen molar-refractivity contribution in [2.45, 2.75) is 39.7 Å². The summed E-state index contributed by atoms with van der Waals surface area (Å²) in [4.78, 5) is 23.6. The van der Waals surface area contributed by atoms with Gasteiger partial charge in [0.15, 0.2) is 5.13 Å². The van der Waals surface area contributed by atoms with Gasteiger partial charge in [-0.25, -0.2) is 4.98 Å². The molecule has 0 atom stereocenters. The molecule has 6 nitrogen and oxygen atoms in total. The van der Waals surface area contributed by atoms with Crippen molar-refractivity contribution in [3.63, 3.8) is 0 Å². The number of hydrogen-bond acceptors (Lipinski definition) is 6. The number of aliphatic carboxylic acids is 1. The Labute approximate surface area is 190 Å². The van der Waals surface area contributed by atoms with E-state index >= 15 is 0 Å². The molecule has 0 unspecified atom stereocenters. The average molecular weight is 448 g/mol. The molecule has 0 aliphatic carbocycles. The highest BCUT2D eigenvalue weighted by atomic mass is 32.1. The van der Waals surface area contributed by atoms with Gasteiger partial charge in [0.25, 0.3) is 0 Å². The van der Waals surface area contributed by atoms with Crippen molar-refractivity contribution in [1.82, 2.24) is 9.97 Å². The summed E-state index contributed by atoms with van der Waals surface area (Å²) in [7, 11) is 2.04. The van der Waals surface area contributed by atoms with Crippen molar-refractivity contribution >= 4 is 43.6 Å². The minimum absolute atomic E-state index is 0.0518. The van der Waals surface area contributed by atoms with Crippen molar-refractivity contribution in [3.8, 4) is 16.9 Å². The Bertz CT molecular complexity index is 1370. The molecule has 0 spiro atoms. The predicted octanol–water partition coefficient (Wildman–Crippen LogP) is 5.23. The largest absolute Gasteiger partial charge is 0.493 e. The number of nitrogens with zero attached hydrogens (tertiary/aromatic N) is 3. The highest BCUT2D eigenvalue weighted by Gasteiger charge is 2.24. The third kappa shape index (κ3) is 3.28. The van der Waals surface area contributed by atoms with Crippen LogP contribution in [0.25, 0.3) is 32.2 Å². The second kappa shape index (κ2) is 7.74. The summed E-state index contributed by atoms with van der Waals surface area (Å²) in [5, 5.41) is 11.6. The Hall–Kier alpha value is -3.19. The summed E-state index contributed by atoms with van der Waals surface area (Å²) < 4.78 is 6.90. The van der Waals surface area contributed by atoms with Gasteiger partial charge in [0.2, 0.25) is 0 Å². The Kier molecular flexibility index (Phi) is 5.01. The van der Waals surface area contributed by atoms with E-state index in [2.05, 4.69) is 18.7 Å².